The first-order valence-electron chi connectivity index (χ1n) is 12.9. The number of benzene rings is 2. The van der Waals surface area contributed by atoms with Crippen LogP contribution >= 0.6 is 0 Å². The number of nitrogens with zero attached hydrogens (tertiary/aromatic N) is 3. The number of nitrogens with one attached hydrogen (secondary N) is 2. The van der Waals surface area contributed by atoms with E-state index >= 15 is 0 Å². The van der Waals surface area contributed by atoms with Crippen molar-refractivity contribution in [3.05, 3.63) is 81.0 Å². The zero-order chi connectivity index (χ0) is 27.9. The molecule has 4 aromatic rings. The Hall–Kier alpha value is -4.02. The molecule has 206 valence electrons. The van der Waals surface area contributed by atoms with Crippen molar-refractivity contribution < 1.29 is 22.7 Å². The monoisotopic (exact) mass is 541 g/mol. The molecule has 39 heavy (non-hydrogen) atoms. The van der Waals surface area contributed by atoms with Crippen molar-refractivity contribution in [3.8, 4) is 5.95 Å². The molecule has 0 spiro atoms. The fraction of sp³-hybridized carbons (Fsp3) is 0.393. The minimum Gasteiger partial charge on any atom is -0.444 e. The van der Waals surface area contributed by atoms with E-state index in [2.05, 4.69) is 15.1 Å². The van der Waals surface area contributed by atoms with Crippen molar-refractivity contribution >= 4 is 17.1 Å². The molecule has 0 radical (unpaired) electrons. The van der Waals surface area contributed by atoms with E-state index in [0.717, 1.165) is 23.4 Å². The first-order valence-corrected chi connectivity index (χ1v) is 12.9. The number of likely N-dealkylation sites (tertiary alicyclic amines) is 1. The lowest BCUT2D eigenvalue weighted by atomic mass is 9.90. The van der Waals surface area contributed by atoms with E-state index in [1.807, 2.05) is 20.8 Å². The number of hydrogen-bond acceptors (Lipinski definition) is 4. The van der Waals surface area contributed by atoms with E-state index in [9.17, 15) is 22.8 Å². The van der Waals surface area contributed by atoms with Gasteiger partial charge in [-0.3, -0.25) is 9.89 Å². The Morgan fingerprint density at radius 3 is 2.38 bits per heavy atom. The highest BCUT2D eigenvalue weighted by Crippen LogP contribution is 2.30. The second kappa shape index (κ2) is 10.3. The van der Waals surface area contributed by atoms with Crippen LogP contribution in [0.15, 0.2) is 41.2 Å². The van der Waals surface area contributed by atoms with E-state index in [4.69, 9.17) is 4.74 Å². The topological polar surface area (TPSA) is 96.0 Å². The fourth-order valence-corrected chi connectivity index (χ4v) is 4.91. The molecule has 2 aromatic heterocycles. The number of carbonyl (C=O) groups is 1. The van der Waals surface area contributed by atoms with Gasteiger partial charge >= 0.3 is 6.09 Å². The van der Waals surface area contributed by atoms with Gasteiger partial charge in [-0.25, -0.2) is 22.9 Å². The Morgan fingerprint density at radius 2 is 1.72 bits per heavy atom. The van der Waals surface area contributed by atoms with E-state index in [1.54, 1.807) is 17.0 Å². The number of H-pyrrole nitrogens is 2. The highest BCUT2D eigenvalue weighted by Gasteiger charge is 2.31. The number of rotatable bonds is 5. The summed E-state index contributed by atoms with van der Waals surface area (Å²) in [4.78, 5) is 35.0. The Balaban J connectivity index is 1.45. The van der Waals surface area contributed by atoms with Crippen molar-refractivity contribution in [2.24, 2.45) is 0 Å². The molecular formula is C28H30F3N5O3. The van der Waals surface area contributed by atoms with Crippen molar-refractivity contribution in [1.29, 1.82) is 0 Å². The average molecular weight is 542 g/mol. The molecule has 0 aliphatic carbocycles. The summed E-state index contributed by atoms with van der Waals surface area (Å²) in [5, 5.41) is 3.18. The number of halogens is 3. The summed E-state index contributed by atoms with van der Waals surface area (Å²) in [6.45, 7) is 6.39. The molecule has 0 bridgehead atoms. The molecule has 8 nitrogen and oxygen atoms in total. The third-order valence-corrected chi connectivity index (χ3v) is 6.87. The van der Waals surface area contributed by atoms with Gasteiger partial charge in [0.05, 0.1) is 11.0 Å². The molecule has 1 saturated heterocycles. The average Bonchev–Trinajstić information content (AvgIpc) is 3.43. The van der Waals surface area contributed by atoms with Gasteiger partial charge in [0.25, 0.3) is 5.56 Å². The zero-order valence-corrected chi connectivity index (χ0v) is 22.0. The normalized spacial score (nSPS) is 14.8. The minimum absolute atomic E-state index is 0.0416. The number of imidazole rings is 1. The summed E-state index contributed by atoms with van der Waals surface area (Å²) in [6.07, 6.45) is 1.75. The lowest BCUT2D eigenvalue weighted by Crippen LogP contribution is -2.41. The van der Waals surface area contributed by atoms with E-state index < -0.39 is 17.2 Å². The zero-order valence-electron chi connectivity index (χ0n) is 22.0. The summed E-state index contributed by atoms with van der Waals surface area (Å²) in [7, 11) is 0. The second-order valence-corrected chi connectivity index (χ2v) is 10.9. The molecule has 0 saturated carbocycles. The van der Waals surface area contributed by atoms with Crippen molar-refractivity contribution in [2.45, 2.75) is 58.0 Å². The van der Waals surface area contributed by atoms with Gasteiger partial charge < -0.3 is 14.6 Å². The third-order valence-electron chi connectivity index (χ3n) is 6.87. The number of piperidine rings is 1. The van der Waals surface area contributed by atoms with Crippen LogP contribution in [0, 0.1) is 17.5 Å². The van der Waals surface area contributed by atoms with Gasteiger partial charge in [-0.2, -0.15) is 4.68 Å². The van der Waals surface area contributed by atoms with Crippen molar-refractivity contribution in [2.75, 3.05) is 13.1 Å². The molecule has 2 N–H and O–H groups in total. The van der Waals surface area contributed by atoms with Crippen LogP contribution in [0.1, 0.15) is 56.4 Å². The number of amides is 1. The maximum Gasteiger partial charge on any atom is 0.410 e. The first kappa shape index (κ1) is 26.6. The van der Waals surface area contributed by atoms with Gasteiger partial charge in [-0.15, -0.1) is 0 Å². The smallest absolute Gasteiger partial charge is 0.410 e. The standard InChI is InChI=1S/C28H30F3N5O3/c1-28(2,3)39-27(38)35-12-10-17(11-13-35)24-19(9-6-16-4-7-18(29)8-5-16)25(37)36(34-24)26-32-22-14-20(30)21(31)15-23(22)33-26/h4-5,7-8,14-15,17,34H,6,9-13H2,1-3H3,(H,32,33). The predicted molar refractivity (Wildman–Crippen MR) is 140 cm³/mol. The fourth-order valence-electron chi connectivity index (χ4n) is 4.91. The Labute approximate surface area is 222 Å². The molecule has 1 aliphatic heterocycles. The van der Waals surface area contributed by atoms with Crippen LogP contribution in [-0.4, -0.2) is 49.4 Å². The van der Waals surface area contributed by atoms with E-state index in [0.29, 0.717) is 44.3 Å². The lowest BCUT2D eigenvalue weighted by molar-refractivity contribution is 0.0204. The maximum absolute atomic E-state index is 13.8. The molecule has 0 atom stereocenters. The number of hydrogen-bond donors (Lipinski definition) is 2. The van der Waals surface area contributed by atoms with Gasteiger partial charge in [0.1, 0.15) is 11.4 Å². The first-order chi connectivity index (χ1) is 18.5. The van der Waals surface area contributed by atoms with Crippen LogP contribution in [-0.2, 0) is 17.6 Å². The molecule has 1 amide bonds. The molecular weight excluding hydrogens is 511 g/mol. The van der Waals surface area contributed by atoms with Gasteiger partial charge in [-0.1, -0.05) is 12.1 Å². The SMILES string of the molecule is CC(C)(C)OC(=O)N1CCC(c2[nH]n(-c3nc4cc(F)c(F)cc4[nH]3)c(=O)c2CCc2ccc(F)cc2)CC1. The summed E-state index contributed by atoms with van der Waals surface area (Å²) < 4.78 is 47.6. The van der Waals surface area contributed by atoms with Crippen LogP contribution in [0.4, 0.5) is 18.0 Å². The van der Waals surface area contributed by atoms with Crippen LogP contribution in [0.2, 0.25) is 0 Å². The maximum atomic E-state index is 13.8. The van der Waals surface area contributed by atoms with Crippen LogP contribution in [0.3, 0.4) is 0 Å². The lowest BCUT2D eigenvalue weighted by Gasteiger charge is -2.33. The highest BCUT2D eigenvalue weighted by molar-refractivity contribution is 5.76. The van der Waals surface area contributed by atoms with Gasteiger partial charge in [-0.05, 0) is 64.2 Å². The highest BCUT2D eigenvalue weighted by atomic mass is 19.2. The van der Waals surface area contributed by atoms with Crippen molar-refractivity contribution in [1.82, 2.24) is 24.6 Å². The van der Waals surface area contributed by atoms with Gasteiger partial charge in [0, 0.05) is 42.4 Å². The number of ether oxygens (including phenoxy) is 1. The predicted octanol–water partition coefficient (Wildman–Crippen LogP) is 5.36. The minimum atomic E-state index is -1.03. The van der Waals surface area contributed by atoms with E-state index in [1.165, 1.54) is 16.8 Å². The molecule has 5 rings (SSSR count). The second-order valence-electron chi connectivity index (χ2n) is 10.9. The van der Waals surface area contributed by atoms with E-state index in [-0.39, 0.29) is 40.4 Å². The van der Waals surface area contributed by atoms with Gasteiger partial charge in [0.2, 0.25) is 5.95 Å². The number of aromatic nitrogens is 4. The van der Waals surface area contributed by atoms with Crippen molar-refractivity contribution in [3.63, 3.8) is 0 Å². The summed E-state index contributed by atoms with van der Waals surface area (Å²) in [5.41, 5.74) is 1.67. The molecule has 2 aromatic carbocycles. The Kier molecular flexibility index (Phi) is 7.00. The van der Waals surface area contributed by atoms with Crippen LogP contribution in [0.5, 0.6) is 0 Å². The number of fused-ring (bicyclic) bond motifs is 1. The molecule has 0 unspecified atom stereocenters. The largest absolute Gasteiger partial charge is 0.444 e. The quantitative estimate of drug-likeness (QED) is 0.356. The number of aromatic amines is 2. The van der Waals surface area contributed by atoms with Crippen LogP contribution < -0.4 is 5.56 Å². The molecule has 1 aliphatic rings. The Morgan fingerprint density at radius 1 is 1.05 bits per heavy atom. The molecule has 3 heterocycles. The summed E-state index contributed by atoms with van der Waals surface area (Å²) >= 11 is 0. The van der Waals surface area contributed by atoms with Gasteiger partial charge in [0.15, 0.2) is 11.6 Å². The molecule has 1 fully saturated rings. The van der Waals surface area contributed by atoms with Crippen LogP contribution in [0.25, 0.3) is 17.0 Å². The number of carbonyl (C=O) groups excluding carboxylic acids is 1. The molecule has 11 heteroatoms. The number of aryl methyl sites for hydroxylation is 1. The Bertz CT molecular complexity index is 1520. The third kappa shape index (κ3) is 5.71. The summed E-state index contributed by atoms with van der Waals surface area (Å²) in [5.74, 6) is -2.32. The summed E-state index contributed by atoms with van der Waals surface area (Å²) in [6, 6.07) is 8.10.